The minimum Gasteiger partial charge on any atom is -0.451 e. The third-order valence-electron chi connectivity index (χ3n) is 4.53. The van der Waals surface area contributed by atoms with Crippen molar-refractivity contribution < 1.29 is 13.9 Å². The number of methoxy groups -OCH3 is 1. The van der Waals surface area contributed by atoms with Crippen molar-refractivity contribution in [3.05, 3.63) is 35.1 Å². The lowest BCUT2D eigenvalue weighted by molar-refractivity contribution is 0.0402. The number of piperidine rings is 1. The topological polar surface area (TPSA) is 42.7 Å². The second-order valence-corrected chi connectivity index (χ2v) is 6.16. The maximum absolute atomic E-state index is 12.9. The molecule has 1 aromatic carbocycles. The third kappa shape index (κ3) is 2.63. The van der Waals surface area contributed by atoms with Gasteiger partial charge in [-0.05, 0) is 45.2 Å². The quantitative estimate of drug-likeness (QED) is 0.868. The van der Waals surface area contributed by atoms with Crippen LogP contribution in [0.2, 0.25) is 0 Å². The molecule has 1 saturated heterocycles. The molecule has 118 valence electrons. The van der Waals surface area contributed by atoms with E-state index in [1.54, 1.807) is 7.11 Å². The zero-order chi connectivity index (χ0) is 15.7. The van der Waals surface area contributed by atoms with E-state index in [9.17, 15) is 4.79 Å². The number of carbonyl (C=O) groups is 1. The minimum absolute atomic E-state index is 0.00639. The van der Waals surface area contributed by atoms with E-state index in [1.165, 1.54) is 5.56 Å². The Bertz CT molecular complexity index is 687. The molecule has 0 spiro atoms. The Balaban J connectivity index is 1.95. The second kappa shape index (κ2) is 6.13. The van der Waals surface area contributed by atoms with Gasteiger partial charge in [-0.15, -0.1) is 0 Å². The fourth-order valence-electron chi connectivity index (χ4n) is 3.30. The molecule has 1 aliphatic heterocycles. The molecular formula is C18H23NO3. The van der Waals surface area contributed by atoms with Crippen LogP contribution in [0.1, 0.15) is 40.9 Å². The van der Waals surface area contributed by atoms with E-state index in [2.05, 4.69) is 6.07 Å². The van der Waals surface area contributed by atoms with Crippen LogP contribution in [-0.2, 0) is 4.74 Å². The number of benzene rings is 1. The molecule has 1 aromatic heterocycles. The number of rotatable bonds is 3. The lowest BCUT2D eigenvalue weighted by Gasteiger charge is -2.34. The van der Waals surface area contributed by atoms with Gasteiger partial charge in [-0.1, -0.05) is 11.6 Å². The molecule has 1 atom stereocenters. The van der Waals surface area contributed by atoms with Crippen molar-refractivity contribution in [1.82, 2.24) is 4.90 Å². The van der Waals surface area contributed by atoms with Gasteiger partial charge in [0.15, 0.2) is 5.76 Å². The molecule has 4 heteroatoms. The number of aryl methyl sites for hydroxylation is 2. The molecule has 0 N–H and O–H groups in total. The number of nitrogens with zero attached hydrogens (tertiary/aromatic N) is 1. The van der Waals surface area contributed by atoms with Crippen molar-refractivity contribution in [3.63, 3.8) is 0 Å². The lowest BCUT2D eigenvalue weighted by Crippen LogP contribution is -2.46. The van der Waals surface area contributed by atoms with Crippen LogP contribution < -0.4 is 0 Å². The summed E-state index contributed by atoms with van der Waals surface area (Å²) in [6.45, 7) is 5.38. The number of amides is 1. The van der Waals surface area contributed by atoms with Gasteiger partial charge >= 0.3 is 0 Å². The number of hydrogen-bond acceptors (Lipinski definition) is 3. The summed E-state index contributed by atoms with van der Waals surface area (Å²) in [4.78, 5) is 14.9. The smallest absolute Gasteiger partial charge is 0.290 e. The van der Waals surface area contributed by atoms with Crippen LogP contribution >= 0.6 is 0 Å². The summed E-state index contributed by atoms with van der Waals surface area (Å²) in [5, 5.41) is 1.03. The van der Waals surface area contributed by atoms with Gasteiger partial charge in [0.1, 0.15) is 5.58 Å². The molecule has 0 aliphatic carbocycles. The summed E-state index contributed by atoms with van der Waals surface area (Å²) in [6, 6.07) is 6.18. The van der Waals surface area contributed by atoms with Crippen molar-refractivity contribution in [2.24, 2.45) is 0 Å². The first-order valence-electron chi connectivity index (χ1n) is 7.91. The van der Waals surface area contributed by atoms with E-state index in [1.807, 2.05) is 30.9 Å². The van der Waals surface area contributed by atoms with E-state index >= 15 is 0 Å². The highest BCUT2D eigenvalue weighted by Gasteiger charge is 2.30. The highest BCUT2D eigenvalue weighted by atomic mass is 16.5. The van der Waals surface area contributed by atoms with E-state index in [0.717, 1.165) is 42.3 Å². The Morgan fingerprint density at radius 2 is 2.18 bits per heavy atom. The van der Waals surface area contributed by atoms with Crippen molar-refractivity contribution >= 4 is 16.9 Å². The van der Waals surface area contributed by atoms with Gasteiger partial charge in [-0.2, -0.15) is 0 Å². The molecule has 4 nitrogen and oxygen atoms in total. The van der Waals surface area contributed by atoms with E-state index in [4.69, 9.17) is 9.15 Å². The van der Waals surface area contributed by atoms with Gasteiger partial charge < -0.3 is 14.1 Å². The molecule has 2 heterocycles. The zero-order valence-corrected chi connectivity index (χ0v) is 13.5. The Morgan fingerprint density at radius 1 is 1.36 bits per heavy atom. The molecular weight excluding hydrogens is 278 g/mol. The predicted octanol–water partition coefficient (Wildman–Crippen LogP) is 3.69. The summed E-state index contributed by atoms with van der Waals surface area (Å²) in [5.74, 6) is 0.469. The molecule has 1 amide bonds. The third-order valence-corrected chi connectivity index (χ3v) is 4.53. The minimum atomic E-state index is -0.00639. The monoisotopic (exact) mass is 301 g/mol. The first-order chi connectivity index (χ1) is 10.6. The largest absolute Gasteiger partial charge is 0.451 e. The van der Waals surface area contributed by atoms with Crippen LogP contribution in [-0.4, -0.2) is 37.1 Å². The highest BCUT2D eigenvalue weighted by molar-refractivity contribution is 5.99. The fourth-order valence-corrected chi connectivity index (χ4v) is 3.30. The average Bonchev–Trinajstić information content (AvgIpc) is 2.84. The Hall–Kier alpha value is -1.81. The summed E-state index contributed by atoms with van der Waals surface area (Å²) < 4.78 is 11.1. The van der Waals surface area contributed by atoms with E-state index < -0.39 is 0 Å². The van der Waals surface area contributed by atoms with Crippen molar-refractivity contribution in [2.45, 2.75) is 39.2 Å². The number of furan rings is 1. The number of carbonyl (C=O) groups excluding carboxylic acids is 1. The summed E-state index contributed by atoms with van der Waals surface area (Å²) in [6.07, 6.45) is 3.19. The van der Waals surface area contributed by atoms with E-state index in [0.29, 0.717) is 12.4 Å². The van der Waals surface area contributed by atoms with Crippen LogP contribution in [0.4, 0.5) is 0 Å². The van der Waals surface area contributed by atoms with Crippen LogP contribution in [0.25, 0.3) is 11.0 Å². The van der Waals surface area contributed by atoms with Crippen LogP contribution in [0, 0.1) is 13.8 Å². The second-order valence-electron chi connectivity index (χ2n) is 6.16. The maximum atomic E-state index is 12.9. The Morgan fingerprint density at radius 3 is 2.95 bits per heavy atom. The van der Waals surface area contributed by atoms with Gasteiger partial charge in [-0.25, -0.2) is 0 Å². The van der Waals surface area contributed by atoms with Crippen LogP contribution in [0.15, 0.2) is 22.6 Å². The van der Waals surface area contributed by atoms with Gasteiger partial charge in [0.2, 0.25) is 0 Å². The van der Waals surface area contributed by atoms with Crippen molar-refractivity contribution in [1.29, 1.82) is 0 Å². The molecule has 1 aliphatic rings. The highest BCUT2D eigenvalue weighted by Crippen LogP contribution is 2.29. The first-order valence-corrected chi connectivity index (χ1v) is 7.91. The average molecular weight is 301 g/mol. The maximum Gasteiger partial charge on any atom is 0.290 e. The molecule has 3 rings (SSSR count). The summed E-state index contributed by atoms with van der Waals surface area (Å²) in [5.41, 5.74) is 2.89. The summed E-state index contributed by atoms with van der Waals surface area (Å²) in [7, 11) is 1.69. The van der Waals surface area contributed by atoms with Crippen LogP contribution in [0.5, 0.6) is 0 Å². The predicted molar refractivity (Wildman–Crippen MR) is 86.2 cm³/mol. The van der Waals surface area contributed by atoms with Gasteiger partial charge in [0.25, 0.3) is 5.91 Å². The number of likely N-dealkylation sites (tertiary alicyclic amines) is 1. The van der Waals surface area contributed by atoms with Gasteiger partial charge in [0.05, 0.1) is 12.6 Å². The molecule has 1 fully saturated rings. The van der Waals surface area contributed by atoms with Gasteiger partial charge in [0, 0.05) is 24.6 Å². The molecule has 0 bridgehead atoms. The molecule has 0 saturated carbocycles. The van der Waals surface area contributed by atoms with Crippen molar-refractivity contribution in [3.8, 4) is 0 Å². The zero-order valence-electron chi connectivity index (χ0n) is 13.5. The SMILES string of the molecule is COC[C@H]1CCCCN1C(=O)c1oc2ccc(C)cc2c1C. The molecule has 0 radical (unpaired) electrons. The molecule has 0 unspecified atom stereocenters. The van der Waals surface area contributed by atoms with Gasteiger partial charge in [-0.3, -0.25) is 4.79 Å². The number of hydrogen-bond donors (Lipinski definition) is 0. The lowest BCUT2D eigenvalue weighted by atomic mass is 10.0. The normalized spacial score (nSPS) is 18.9. The molecule has 2 aromatic rings. The van der Waals surface area contributed by atoms with E-state index in [-0.39, 0.29) is 11.9 Å². The number of fused-ring (bicyclic) bond motifs is 1. The Kier molecular flexibility index (Phi) is 4.21. The molecule has 22 heavy (non-hydrogen) atoms. The Labute approximate surface area is 131 Å². The fraction of sp³-hybridized carbons (Fsp3) is 0.500. The standard InChI is InChI=1S/C18H23NO3/c1-12-7-8-16-15(10-12)13(2)17(22-16)18(20)19-9-5-4-6-14(19)11-21-3/h7-8,10,14H,4-6,9,11H2,1-3H3/t14-/m1/s1. The summed E-state index contributed by atoms with van der Waals surface area (Å²) >= 11 is 0. The first kappa shape index (κ1) is 15.1. The van der Waals surface area contributed by atoms with Crippen molar-refractivity contribution in [2.75, 3.05) is 20.3 Å². The van der Waals surface area contributed by atoms with Crippen LogP contribution in [0.3, 0.4) is 0 Å². The number of ether oxygens (including phenoxy) is 1.